The van der Waals surface area contributed by atoms with Crippen molar-refractivity contribution < 1.29 is 17.1 Å². The molecule has 6 aromatic heterocycles. The summed E-state index contributed by atoms with van der Waals surface area (Å²) < 4.78 is 0. The summed E-state index contributed by atoms with van der Waals surface area (Å²) in [6.07, 6.45) is 53.0. The van der Waals surface area contributed by atoms with Gasteiger partial charge in [0.25, 0.3) is 0 Å². The SMILES string of the molecule is CCN1C=CN(CC)C1c1c2nc(c(C3N(CC)C=CN3CC)c3ccc([n-]3)c(C3N(CC)C=CN3CC)c3nc(c(C4N(CC)C=CN4CC)c4ccc1[n-]4)C=C3)C=C2.CCN1C=CN(CC)C1c1c2nc(c(C3N(CC)C=CN3CC)c3ccc([nH]3)c(C3N(CC)C=CN3CC)c3nc(c(C4N(CC)C=CN4CC)c4ccc1[nH]4)C=C3)C=C2.[Mn+3]. The number of aromatic nitrogens is 8. The Labute approximate surface area is 726 Å². The number of H-pyrrole nitrogens is 2. The molecular weight excluding hydrogens is 1540 g/mol. The summed E-state index contributed by atoms with van der Waals surface area (Å²) in [5.41, 5.74) is 24.6. The van der Waals surface area contributed by atoms with Crippen LogP contribution >= 0.6 is 0 Å². The minimum absolute atomic E-state index is 0. The van der Waals surface area contributed by atoms with Crippen molar-refractivity contribution in [2.75, 3.05) is 105 Å². The van der Waals surface area contributed by atoms with Gasteiger partial charge in [-0.2, -0.15) is 0 Å². The maximum atomic E-state index is 5.68. The van der Waals surface area contributed by atoms with Crippen molar-refractivity contribution in [3.05, 3.63) is 238 Å². The van der Waals surface area contributed by atoms with Crippen molar-refractivity contribution in [2.24, 2.45) is 0 Å². The van der Waals surface area contributed by atoms with Crippen molar-refractivity contribution in [1.29, 1.82) is 0 Å². The fourth-order valence-electron chi connectivity index (χ4n) is 19.9. The zero-order chi connectivity index (χ0) is 83.3. The molecule has 0 spiro atoms. The van der Waals surface area contributed by atoms with Crippen LogP contribution in [0.2, 0.25) is 0 Å². The normalized spacial score (nSPS) is 18.1. The zero-order valence-electron chi connectivity index (χ0n) is 73.6. The summed E-state index contributed by atoms with van der Waals surface area (Å²) in [5.74, 6) is 0. The molecule has 18 heterocycles. The second-order valence-electron chi connectivity index (χ2n) is 31.8. The number of fused-ring (bicyclic) bond motifs is 16. The van der Waals surface area contributed by atoms with Gasteiger partial charge in [0.15, 0.2) is 0 Å². The Morgan fingerprint density at radius 3 is 0.455 bits per heavy atom. The van der Waals surface area contributed by atoms with Crippen molar-refractivity contribution in [2.45, 2.75) is 160 Å². The van der Waals surface area contributed by atoms with E-state index in [0.29, 0.717) is 0 Å². The van der Waals surface area contributed by atoms with E-state index in [2.05, 4.69) is 395 Å². The van der Waals surface area contributed by atoms with Crippen LogP contribution in [0.25, 0.3) is 92.7 Å². The Hall–Kier alpha value is -11.6. The summed E-state index contributed by atoms with van der Waals surface area (Å²) in [5, 5.41) is 0. The van der Waals surface area contributed by atoms with E-state index >= 15 is 0 Å². The smallest absolute Gasteiger partial charge is 0.657 e. The van der Waals surface area contributed by atoms with E-state index in [4.69, 9.17) is 29.9 Å². The third-order valence-electron chi connectivity index (χ3n) is 26.2. The van der Waals surface area contributed by atoms with Crippen LogP contribution in [0, 0.1) is 0 Å². The summed E-state index contributed by atoms with van der Waals surface area (Å²) >= 11 is 0. The van der Waals surface area contributed by atoms with E-state index in [9.17, 15) is 0 Å². The van der Waals surface area contributed by atoms with Crippen LogP contribution in [0.4, 0.5) is 0 Å². The number of aromatic amines is 2. The van der Waals surface area contributed by atoms with Crippen LogP contribution in [0.3, 0.4) is 0 Å². The second kappa shape index (κ2) is 35.3. The third kappa shape index (κ3) is 14.4. The topological polar surface area (TPSA) is 163 Å². The van der Waals surface area contributed by atoms with Crippen molar-refractivity contribution in [3.63, 3.8) is 0 Å². The van der Waals surface area contributed by atoms with Gasteiger partial charge in [-0.05, 0) is 184 Å². The average molecular weight is 1670 g/mol. The molecule has 0 aromatic carbocycles. The summed E-state index contributed by atoms with van der Waals surface area (Å²) in [4.78, 5) is 80.6. The molecule has 2 N–H and O–H groups in total. The molecule has 12 aliphatic rings. The number of nitrogens with zero attached hydrogens (tertiary/aromatic N) is 22. The molecule has 24 nitrogen and oxygen atoms in total. The van der Waals surface area contributed by atoms with Crippen molar-refractivity contribution >= 4 is 92.7 Å². The van der Waals surface area contributed by atoms with Crippen LogP contribution in [-0.4, -0.2) is 213 Å². The second-order valence-corrected chi connectivity index (χ2v) is 31.8. The number of nitrogens with one attached hydrogen (secondary N) is 2. The zero-order valence-corrected chi connectivity index (χ0v) is 74.8. The van der Waals surface area contributed by atoms with Crippen molar-refractivity contribution in [1.82, 2.24) is 118 Å². The predicted octanol–water partition coefficient (Wildman–Crippen LogP) is 17.6. The summed E-state index contributed by atoms with van der Waals surface area (Å²) in [7, 11) is 0. The molecule has 12 aliphatic heterocycles. The molecule has 25 heteroatoms. The molecule has 0 fully saturated rings. The van der Waals surface area contributed by atoms with E-state index in [1.54, 1.807) is 0 Å². The summed E-state index contributed by atoms with van der Waals surface area (Å²) in [6, 6.07) is 17.9. The molecule has 0 saturated heterocycles. The molecule has 0 amide bonds. The fraction of sp³-hybridized carbons (Fsp3) is 0.417. The molecule has 0 atom stereocenters. The first-order chi connectivity index (χ1) is 58.8. The first kappa shape index (κ1) is 83.1. The fourth-order valence-corrected chi connectivity index (χ4v) is 19.9. The van der Waals surface area contributed by atoms with Gasteiger partial charge in [0.2, 0.25) is 0 Å². The van der Waals surface area contributed by atoms with E-state index in [1.807, 2.05) is 0 Å². The monoisotopic (exact) mass is 1670 g/mol. The van der Waals surface area contributed by atoms with Gasteiger partial charge in [-0.3, -0.25) is 0 Å². The molecule has 6 aromatic rings. The maximum Gasteiger partial charge on any atom is 3.00 e. The van der Waals surface area contributed by atoms with Gasteiger partial charge >= 0.3 is 17.1 Å². The first-order valence-corrected chi connectivity index (χ1v) is 44.6. The Balaban J connectivity index is 0.000000178. The third-order valence-corrected chi connectivity index (χ3v) is 26.2. The van der Waals surface area contributed by atoms with E-state index < -0.39 is 0 Å². The van der Waals surface area contributed by atoms with Crippen LogP contribution in [0.15, 0.2) is 148 Å². The van der Waals surface area contributed by atoms with Gasteiger partial charge in [-0.25, -0.2) is 19.9 Å². The number of hydrogen-bond donors (Lipinski definition) is 2. The Kier molecular flexibility index (Phi) is 24.2. The molecule has 0 unspecified atom stereocenters. The van der Waals surface area contributed by atoms with Crippen LogP contribution in [0.1, 0.15) is 250 Å². The largest absolute Gasteiger partial charge is 3.00 e. The van der Waals surface area contributed by atoms with Gasteiger partial charge in [0.05, 0.1) is 45.6 Å². The predicted molar refractivity (Wildman–Crippen MR) is 489 cm³/mol. The number of rotatable bonds is 24. The summed E-state index contributed by atoms with van der Waals surface area (Å²) in [6.45, 7) is 49.5. The Bertz CT molecular complexity index is 4480. The molecule has 16 bridgehead atoms. The minimum Gasteiger partial charge on any atom is -0.657 e. The Morgan fingerprint density at radius 2 is 0.322 bits per heavy atom. The average Bonchev–Trinajstić information content (AvgIpc) is 1.60. The Morgan fingerprint density at radius 1 is 0.198 bits per heavy atom. The van der Waals surface area contributed by atoms with Crippen LogP contribution in [0.5, 0.6) is 0 Å². The molecule has 18 rings (SSSR count). The quantitative estimate of drug-likeness (QED) is 0.0549. The van der Waals surface area contributed by atoms with Crippen LogP contribution < -0.4 is 9.97 Å². The van der Waals surface area contributed by atoms with E-state index in [-0.39, 0.29) is 66.4 Å². The van der Waals surface area contributed by atoms with E-state index in [1.165, 1.54) is 0 Å². The van der Waals surface area contributed by atoms with Gasteiger partial charge in [0.1, 0.15) is 49.3 Å². The minimum atomic E-state index is -0.0661. The standard InChI is InChI=1S/C48H62N12.C48H60N12.Mn/c2*1-9-53-25-26-54(10-2)45(53)41-33-17-19-35(49-33)42(46-55(11-3)27-28-56(46)12-4)37-21-23-39(51-37)44(48-59(15-7)31-32-60(48)16-8)40-24-22-38(52-40)43(36-20-18-34(41)50-36)47-57(13-5)29-30-58(47)14-6;/h17-32,45-49,52H,9-16H2,1-8H3;17-32,45-48H,9-16H2,1-8H3;/q;-2;+3. The number of hydrogen-bond acceptors (Lipinski definition) is 20. The maximum absolute atomic E-state index is 5.68. The van der Waals surface area contributed by atoms with Crippen LogP contribution in [-0.2, 0) is 17.1 Å². The molecule has 121 heavy (non-hydrogen) atoms. The molecule has 0 radical (unpaired) electrons. The van der Waals surface area contributed by atoms with Gasteiger partial charge in [-0.15, -0.1) is 22.1 Å². The van der Waals surface area contributed by atoms with Gasteiger partial charge in [-0.1, -0.05) is 24.3 Å². The van der Waals surface area contributed by atoms with Gasteiger partial charge < -0.3 is 98.3 Å². The van der Waals surface area contributed by atoms with Crippen molar-refractivity contribution in [3.8, 4) is 0 Å². The van der Waals surface area contributed by atoms with E-state index in [0.717, 1.165) is 239 Å². The van der Waals surface area contributed by atoms with Gasteiger partial charge in [0, 0.05) is 270 Å². The molecular formula is C96H122MnN24+. The molecule has 0 saturated carbocycles. The molecule has 0 aliphatic carbocycles. The first-order valence-electron chi connectivity index (χ1n) is 44.6. The molecule has 632 valence electrons.